The number of carbonyl (C=O) groups is 2. The third-order valence-corrected chi connectivity index (χ3v) is 2.44. The van der Waals surface area contributed by atoms with Crippen LogP contribution in [0.2, 0.25) is 0 Å². The summed E-state index contributed by atoms with van der Waals surface area (Å²) in [5.74, 6) is -0.101. The number of hydrogen-bond donors (Lipinski definition) is 0. The molecule has 1 aliphatic rings. The van der Waals surface area contributed by atoms with E-state index in [1.807, 2.05) is 20.8 Å². The van der Waals surface area contributed by atoms with Gasteiger partial charge in [0.1, 0.15) is 5.60 Å². The fourth-order valence-electron chi connectivity index (χ4n) is 1.65. The molecule has 4 nitrogen and oxygen atoms in total. The van der Waals surface area contributed by atoms with Crippen LogP contribution >= 0.6 is 0 Å². The van der Waals surface area contributed by atoms with E-state index in [9.17, 15) is 9.59 Å². The average Bonchev–Trinajstić information content (AvgIpc) is 2.62. The maximum atomic E-state index is 11.7. The highest BCUT2D eigenvalue weighted by Gasteiger charge is 2.32. The van der Waals surface area contributed by atoms with Crippen molar-refractivity contribution in [1.29, 1.82) is 0 Å². The molecule has 4 heteroatoms. The van der Waals surface area contributed by atoms with Crippen molar-refractivity contribution >= 4 is 11.9 Å². The Morgan fingerprint density at radius 1 is 1.44 bits per heavy atom. The second kappa shape index (κ2) is 4.68. The first-order chi connectivity index (χ1) is 7.33. The summed E-state index contributed by atoms with van der Waals surface area (Å²) in [6, 6.07) is 0. The zero-order chi connectivity index (χ0) is 12.3. The SMILES string of the molecule is C=CC(=O)[C@@H]1CCN(C(=O)OC(C)(C)C)C1. The zero-order valence-electron chi connectivity index (χ0n) is 10.2. The van der Waals surface area contributed by atoms with Gasteiger partial charge < -0.3 is 9.64 Å². The summed E-state index contributed by atoms with van der Waals surface area (Å²) in [4.78, 5) is 24.6. The number of amides is 1. The van der Waals surface area contributed by atoms with Crippen molar-refractivity contribution in [2.75, 3.05) is 13.1 Å². The van der Waals surface area contributed by atoms with E-state index >= 15 is 0 Å². The van der Waals surface area contributed by atoms with Crippen molar-refractivity contribution < 1.29 is 14.3 Å². The largest absolute Gasteiger partial charge is 0.444 e. The van der Waals surface area contributed by atoms with Gasteiger partial charge in [0.2, 0.25) is 0 Å². The van der Waals surface area contributed by atoms with Crippen molar-refractivity contribution in [3.63, 3.8) is 0 Å². The Morgan fingerprint density at radius 3 is 2.56 bits per heavy atom. The zero-order valence-corrected chi connectivity index (χ0v) is 10.2. The van der Waals surface area contributed by atoms with Crippen LogP contribution in [0, 0.1) is 5.92 Å². The van der Waals surface area contributed by atoms with Gasteiger partial charge in [-0.3, -0.25) is 4.79 Å². The Bertz CT molecular complexity index is 304. The minimum absolute atomic E-state index is 0.00561. The van der Waals surface area contributed by atoms with Crippen LogP contribution < -0.4 is 0 Å². The molecular formula is C12H19NO3. The summed E-state index contributed by atoms with van der Waals surface area (Å²) < 4.78 is 5.23. The van der Waals surface area contributed by atoms with Gasteiger partial charge in [0.25, 0.3) is 0 Å². The average molecular weight is 225 g/mol. The van der Waals surface area contributed by atoms with Gasteiger partial charge in [0.15, 0.2) is 5.78 Å². The highest BCUT2D eigenvalue weighted by molar-refractivity contribution is 5.92. The van der Waals surface area contributed by atoms with E-state index in [0.29, 0.717) is 19.5 Å². The molecule has 0 aliphatic carbocycles. The van der Waals surface area contributed by atoms with Crippen LogP contribution in [0.1, 0.15) is 27.2 Å². The summed E-state index contributed by atoms with van der Waals surface area (Å²) in [5.41, 5.74) is -0.488. The number of carbonyl (C=O) groups excluding carboxylic acids is 2. The molecule has 0 spiro atoms. The molecule has 0 unspecified atom stereocenters. The van der Waals surface area contributed by atoms with Gasteiger partial charge in [0.05, 0.1) is 0 Å². The maximum Gasteiger partial charge on any atom is 0.410 e. The third kappa shape index (κ3) is 3.36. The number of hydrogen-bond acceptors (Lipinski definition) is 3. The lowest BCUT2D eigenvalue weighted by Crippen LogP contribution is -2.35. The van der Waals surface area contributed by atoms with Gasteiger partial charge in [-0.1, -0.05) is 6.58 Å². The number of nitrogens with zero attached hydrogens (tertiary/aromatic N) is 1. The van der Waals surface area contributed by atoms with Crippen LogP contribution in [0.25, 0.3) is 0 Å². The molecule has 0 bridgehead atoms. The molecule has 1 rings (SSSR count). The smallest absolute Gasteiger partial charge is 0.410 e. The minimum atomic E-state index is -0.488. The van der Waals surface area contributed by atoms with Crippen LogP contribution in [-0.4, -0.2) is 35.5 Å². The van der Waals surface area contributed by atoms with Crippen molar-refractivity contribution in [3.8, 4) is 0 Å². The lowest BCUT2D eigenvalue weighted by Gasteiger charge is -2.24. The van der Waals surface area contributed by atoms with E-state index in [2.05, 4.69) is 6.58 Å². The van der Waals surface area contributed by atoms with Gasteiger partial charge in [0, 0.05) is 19.0 Å². The first-order valence-corrected chi connectivity index (χ1v) is 5.47. The molecule has 1 atom stereocenters. The van der Waals surface area contributed by atoms with Crippen molar-refractivity contribution in [2.24, 2.45) is 5.92 Å². The molecule has 0 aromatic heterocycles. The maximum absolute atomic E-state index is 11.7. The highest BCUT2D eigenvalue weighted by atomic mass is 16.6. The van der Waals surface area contributed by atoms with E-state index in [0.717, 1.165) is 0 Å². The van der Waals surface area contributed by atoms with Gasteiger partial charge in [-0.2, -0.15) is 0 Å². The van der Waals surface area contributed by atoms with Crippen LogP contribution in [0.15, 0.2) is 12.7 Å². The lowest BCUT2D eigenvalue weighted by atomic mass is 10.0. The fraction of sp³-hybridized carbons (Fsp3) is 0.667. The Morgan fingerprint density at radius 2 is 2.06 bits per heavy atom. The van der Waals surface area contributed by atoms with Crippen molar-refractivity contribution in [1.82, 2.24) is 4.90 Å². The second-order valence-corrected chi connectivity index (χ2v) is 5.02. The van der Waals surface area contributed by atoms with Gasteiger partial charge >= 0.3 is 6.09 Å². The molecule has 90 valence electrons. The van der Waals surface area contributed by atoms with Crippen molar-refractivity contribution in [3.05, 3.63) is 12.7 Å². The van der Waals surface area contributed by atoms with Crippen LogP contribution in [0.4, 0.5) is 4.79 Å². The molecule has 0 aromatic carbocycles. The van der Waals surface area contributed by atoms with Gasteiger partial charge in [-0.25, -0.2) is 4.79 Å². The fourth-order valence-corrected chi connectivity index (χ4v) is 1.65. The number of rotatable bonds is 2. The molecule has 0 aromatic rings. The molecule has 16 heavy (non-hydrogen) atoms. The molecule has 1 saturated heterocycles. The normalized spacial score (nSPS) is 20.7. The number of likely N-dealkylation sites (tertiary alicyclic amines) is 1. The molecule has 0 saturated carbocycles. The number of allylic oxidation sites excluding steroid dienone is 1. The van der Waals surface area contributed by atoms with E-state index in [1.165, 1.54) is 6.08 Å². The highest BCUT2D eigenvalue weighted by Crippen LogP contribution is 2.20. The Balaban J connectivity index is 2.50. The van der Waals surface area contributed by atoms with Crippen molar-refractivity contribution in [2.45, 2.75) is 32.8 Å². The number of ketones is 1. The lowest BCUT2D eigenvalue weighted by molar-refractivity contribution is -0.117. The first-order valence-electron chi connectivity index (χ1n) is 5.47. The van der Waals surface area contributed by atoms with Crippen LogP contribution in [-0.2, 0) is 9.53 Å². The molecule has 0 N–H and O–H groups in total. The summed E-state index contributed by atoms with van der Waals surface area (Å²) in [5, 5.41) is 0. The van der Waals surface area contributed by atoms with E-state index in [-0.39, 0.29) is 17.8 Å². The molecule has 1 fully saturated rings. The Hall–Kier alpha value is -1.32. The summed E-state index contributed by atoms with van der Waals surface area (Å²) in [7, 11) is 0. The van der Waals surface area contributed by atoms with Gasteiger partial charge in [-0.15, -0.1) is 0 Å². The third-order valence-electron chi connectivity index (χ3n) is 2.44. The summed E-state index contributed by atoms with van der Waals surface area (Å²) in [6.07, 6.45) is 1.68. The summed E-state index contributed by atoms with van der Waals surface area (Å²) >= 11 is 0. The Labute approximate surface area is 96.3 Å². The van der Waals surface area contributed by atoms with Gasteiger partial charge in [-0.05, 0) is 33.3 Å². The molecule has 1 heterocycles. The standard InChI is InChI=1S/C12H19NO3/c1-5-10(14)9-6-7-13(8-9)11(15)16-12(2,3)4/h5,9H,1,6-8H2,2-4H3/t9-/m1/s1. The molecule has 1 aliphatic heterocycles. The predicted molar refractivity (Wildman–Crippen MR) is 61.1 cm³/mol. The Kier molecular flexibility index (Phi) is 3.73. The second-order valence-electron chi connectivity index (χ2n) is 5.02. The van der Waals surface area contributed by atoms with Crippen LogP contribution in [0.5, 0.6) is 0 Å². The molecular weight excluding hydrogens is 206 g/mol. The van der Waals surface area contributed by atoms with E-state index in [4.69, 9.17) is 4.74 Å². The topological polar surface area (TPSA) is 46.6 Å². The van der Waals surface area contributed by atoms with E-state index < -0.39 is 5.60 Å². The number of ether oxygens (including phenoxy) is 1. The molecule has 0 radical (unpaired) electrons. The quantitative estimate of drug-likeness (QED) is 0.675. The molecule has 1 amide bonds. The first kappa shape index (κ1) is 12.7. The summed E-state index contributed by atoms with van der Waals surface area (Å²) in [6.45, 7) is 9.96. The predicted octanol–water partition coefficient (Wildman–Crippen LogP) is 2.00. The van der Waals surface area contributed by atoms with Crippen LogP contribution in [0.3, 0.4) is 0 Å². The minimum Gasteiger partial charge on any atom is -0.444 e. The van der Waals surface area contributed by atoms with E-state index in [1.54, 1.807) is 4.90 Å². The monoisotopic (exact) mass is 225 g/mol.